The van der Waals surface area contributed by atoms with Gasteiger partial charge in [-0.3, -0.25) is 9.67 Å². The van der Waals surface area contributed by atoms with Gasteiger partial charge in [0.1, 0.15) is 11.5 Å². The van der Waals surface area contributed by atoms with Crippen LogP contribution in [0.3, 0.4) is 0 Å². The van der Waals surface area contributed by atoms with E-state index >= 15 is 0 Å². The average molecular weight is 325 g/mol. The number of hydrogen-bond donors (Lipinski definition) is 0. The first-order valence-electron chi connectivity index (χ1n) is 7.74. The molecule has 1 aliphatic rings. The smallest absolute Gasteiger partial charge is 0.206 e. The van der Waals surface area contributed by atoms with E-state index < -0.39 is 6.29 Å². The molecule has 0 N–H and O–H groups in total. The largest absolute Gasteiger partial charge is 0.318 e. The molecule has 4 rings (SSSR count). The number of benzene rings is 1. The van der Waals surface area contributed by atoms with Crippen molar-refractivity contribution in [3.8, 4) is 11.4 Å². The molecule has 0 atom stereocenters. The fraction of sp³-hybridized carbons (Fsp3) is 0.222. The van der Waals surface area contributed by atoms with Crippen LogP contribution in [0.2, 0.25) is 0 Å². The third kappa shape index (κ3) is 2.81. The van der Waals surface area contributed by atoms with Crippen LogP contribution in [0.15, 0.2) is 54.7 Å². The van der Waals surface area contributed by atoms with Gasteiger partial charge in [0, 0.05) is 11.8 Å². The normalized spacial score (nSPS) is 19.9. The van der Waals surface area contributed by atoms with Crippen LogP contribution in [0, 0.1) is 5.82 Å². The van der Waals surface area contributed by atoms with Crippen molar-refractivity contribution in [3.05, 3.63) is 71.8 Å². The van der Waals surface area contributed by atoms with Crippen LogP contribution < -0.4 is 0 Å². The Kier molecular flexibility index (Phi) is 3.84. The molecular weight excluding hydrogens is 309 g/mol. The molecule has 0 radical (unpaired) electrons. The number of hydrogen-bond acceptors (Lipinski definition) is 4. The molecule has 1 aromatic carbocycles. The van der Waals surface area contributed by atoms with Gasteiger partial charge in [0.15, 0.2) is 6.29 Å². The molecule has 3 heterocycles. The Morgan fingerprint density at radius 1 is 1.08 bits per heavy atom. The lowest BCUT2D eigenvalue weighted by atomic mass is 10.2. The van der Waals surface area contributed by atoms with E-state index in [1.165, 1.54) is 6.07 Å². The summed E-state index contributed by atoms with van der Waals surface area (Å²) in [6.07, 6.45) is 0.977. The molecule has 0 unspecified atom stereocenters. The van der Waals surface area contributed by atoms with Crippen LogP contribution in [0.4, 0.5) is 4.39 Å². The van der Waals surface area contributed by atoms with E-state index in [0.717, 1.165) is 11.4 Å². The topological polar surface area (TPSA) is 49.2 Å². The minimum absolute atomic E-state index is 0.245. The van der Waals surface area contributed by atoms with E-state index in [4.69, 9.17) is 9.47 Å². The summed E-state index contributed by atoms with van der Waals surface area (Å²) in [6.45, 7) is 2.13. The standard InChI is InChI=1S/C18H16FN3O2/c1-12-23-18(24-12)17-10-16(15-8-4-5-9-20-15)21-22(17)11-13-6-2-3-7-14(13)19/h2-10,12,18H,11H2,1H3. The van der Waals surface area contributed by atoms with Crippen molar-refractivity contribution >= 4 is 0 Å². The van der Waals surface area contributed by atoms with Gasteiger partial charge < -0.3 is 9.47 Å². The number of pyridine rings is 1. The zero-order valence-corrected chi connectivity index (χ0v) is 13.1. The monoisotopic (exact) mass is 325 g/mol. The number of aromatic nitrogens is 3. The predicted octanol–water partition coefficient (Wildman–Crippen LogP) is 3.52. The van der Waals surface area contributed by atoms with Crippen LogP contribution in [0.25, 0.3) is 11.4 Å². The summed E-state index contributed by atoms with van der Waals surface area (Å²) in [5, 5.41) is 4.57. The van der Waals surface area contributed by atoms with Crippen molar-refractivity contribution in [2.75, 3.05) is 0 Å². The molecule has 24 heavy (non-hydrogen) atoms. The number of halogens is 1. The molecule has 0 aliphatic carbocycles. The van der Waals surface area contributed by atoms with Gasteiger partial charge in [-0.05, 0) is 31.2 Å². The summed E-state index contributed by atoms with van der Waals surface area (Å²) in [6, 6.07) is 14.2. The van der Waals surface area contributed by atoms with Crippen molar-refractivity contribution in [1.29, 1.82) is 0 Å². The van der Waals surface area contributed by atoms with E-state index in [2.05, 4.69) is 10.1 Å². The Morgan fingerprint density at radius 3 is 2.58 bits per heavy atom. The molecule has 1 fully saturated rings. The Bertz CT molecular complexity index is 844. The maximum absolute atomic E-state index is 14.0. The van der Waals surface area contributed by atoms with Crippen molar-refractivity contribution in [2.24, 2.45) is 0 Å². The lowest BCUT2D eigenvalue weighted by Gasteiger charge is -2.33. The fourth-order valence-electron chi connectivity index (χ4n) is 2.67. The Balaban J connectivity index is 1.71. The highest BCUT2D eigenvalue weighted by Crippen LogP contribution is 2.33. The van der Waals surface area contributed by atoms with Gasteiger partial charge in [0.05, 0.1) is 17.9 Å². The summed E-state index contributed by atoms with van der Waals surface area (Å²) in [7, 11) is 0. The second-order valence-corrected chi connectivity index (χ2v) is 5.59. The SMILES string of the molecule is CC1OC(c2cc(-c3ccccn3)nn2Cc2ccccc2F)O1. The zero-order chi connectivity index (χ0) is 16.5. The number of ether oxygens (including phenoxy) is 2. The van der Waals surface area contributed by atoms with E-state index in [0.29, 0.717) is 17.8 Å². The highest BCUT2D eigenvalue weighted by atomic mass is 19.1. The molecule has 1 saturated heterocycles. The van der Waals surface area contributed by atoms with E-state index in [1.807, 2.05) is 31.2 Å². The second-order valence-electron chi connectivity index (χ2n) is 5.59. The van der Waals surface area contributed by atoms with E-state index in [-0.39, 0.29) is 12.1 Å². The molecule has 5 nitrogen and oxygen atoms in total. The fourth-order valence-corrected chi connectivity index (χ4v) is 2.67. The van der Waals surface area contributed by atoms with Gasteiger partial charge in [0.25, 0.3) is 0 Å². The Labute approximate surface area is 138 Å². The molecule has 0 spiro atoms. The Morgan fingerprint density at radius 2 is 1.88 bits per heavy atom. The number of nitrogens with zero attached hydrogens (tertiary/aromatic N) is 3. The highest BCUT2D eigenvalue weighted by Gasteiger charge is 2.32. The summed E-state index contributed by atoms with van der Waals surface area (Å²) < 4.78 is 26.9. The second kappa shape index (κ2) is 6.14. The first-order valence-corrected chi connectivity index (χ1v) is 7.74. The average Bonchev–Trinajstić information content (AvgIpc) is 2.98. The van der Waals surface area contributed by atoms with Crippen molar-refractivity contribution in [1.82, 2.24) is 14.8 Å². The maximum Gasteiger partial charge on any atom is 0.206 e. The van der Waals surface area contributed by atoms with Crippen molar-refractivity contribution in [3.63, 3.8) is 0 Å². The maximum atomic E-state index is 14.0. The molecule has 0 amide bonds. The third-order valence-corrected chi connectivity index (χ3v) is 3.89. The molecule has 3 aromatic rings. The highest BCUT2D eigenvalue weighted by molar-refractivity contribution is 5.54. The quantitative estimate of drug-likeness (QED) is 0.736. The van der Waals surface area contributed by atoms with Gasteiger partial charge in [0.2, 0.25) is 6.29 Å². The van der Waals surface area contributed by atoms with E-state index in [1.54, 1.807) is 29.1 Å². The summed E-state index contributed by atoms with van der Waals surface area (Å²) in [5.74, 6) is -0.262. The molecular formula is C18H16FN3O2. The molecule has 6 heteroatoms. The van der Waals surface area contributed by atoms with Crippen molar-refractivity contribution < 1.29 is 13.9 Å². The lowest BCUT2D eigenvalue weighted by molar-refractivity contribution is -0.384. The lowest BCUT2D eigenvalue weighted by Crippen LogP contribution is -2.33. The van der Waals surface area contributed by atoms with Gasteiger partial charge in [-0.2, -0.15) is 5.10 Å². The molecule has 0 saturated carbocycles. The zero-order valence-electron chi connectivity index (χ0n) is 13.1. The minimum atomic E-state index is -0.489. The van der Waals surface area contributed by atoms with Crippen LogP contribution >= 0.6 is 0 Å². The molecule has 1 aliphatic heterocycles. The first kappa shape index (κ1) is 15.0. The first-order chi connectivity index (χ1) is 11.7. The molecule has 122 valence electrons. The Hall–Kier alpha value is -2.57. The van der Waals surface area contributed by atoms with Gasteiger partial charge in [-0.25, -0.2) is 4.39 Å². The summed E-state index contributed by atoms with van der Waals surface area (Å²) >= 11 is 0. The van der Waals surface area contributed by atoms with Crippen LogP contribution in [-0.4, -0.2) is 21.1 Å². The van der Waals surface area contributed by atoms with Crippen LogP contribution in [0.1, 0.15) is 24.5 Å². The molecule has 2 aromatic heterocycles. The summed E-state index contributed by atoms with van der Waals surface area (Å²) in [4.78, 5) is 4.31. The van der Waals surface area contributed by atoms with E-state index in [9.17, 15) is 4.39 Å². The van der Waals surface area contributed by atoms with Gasteiger partial charge in [-0.15, -0.1) is 0 Å². The van der Waals surface area contributed by atoms with Crippen molar-refractivity contribution in [2.45, 2.75) is 26.0 Å². The van der Waals surface area contributed by atoms with Crippen LogP contribution in [-0.2, 0) is 16.0 Å². The third-order valence-electron chi connectivity index (χ3n) is 3.89. The van der Waals surface area contributed by atoms with Gasteiger partial charge in [-0.1, -0.05) is 24.3 Å². The van der Waals surface area contributed by atoms with Gasteiger partial charge >= 0.3 is 0 Å². The van der Waals surface area contributed by atoms with Crippen LogP contribution in [0.5, 0.6) is 0 Å². The molecule has 0 bridgehead atoms. The summed E-state index contributed by atoms with van der Waals surface area (Å²) in [5.41, 5.74) is 2.76. The minimum Gasteiger partial charge on any atom is -0.318 e. The number of rotatable bonds is 4. The predicted molar refractivity (Wildman–Crippen MR) is 85.3 cm³/mol.